The first-order valence-electron chi connectivity index (χ1n) is 7.07. The minimum absolute atomic E-state index is 0.973. The summed E-state index contributed by atoms with van der Waals surface area (Å²) in [4.78, 5) is 0. The number of rotatable bonds is 4. The van der Waals surface area contributed by atoms with E-state index in [-0.39, 0.29) is 0 Å². The van der Waals surface area contributed by atoms with Crippen molar-refractivity contribution in [3.63, 3.8) is 0 Å². The van der Waals surface area contributed by atoms with Gasteiger partial charge in [0, 0.05) is 25.6 Å². The smallest absolute Gasteiger partial charge is 0.0681 e. The third kappa shape index (κ3) is 2.43. The molecule has 3 heteroatoms. The van der Waals surface area contributed by atoms with E-state index >= 15 is 0 Å². The third-order valence-electron chi connectivity index (χ3n) is 3.96. The summed E-state index contributed by atoms with van der Waals surface area (Å²) in [6.07, 6.45) is 4.76. The lowest BCUT2D eigenvalue weighted by molar-refractivity contribution is 0.720. The first-order chi connectivity index (χ1) is 9.28. The zero-order valence-electron chi connectivity index (χ0n) is 11.7. The molecule has 0 unspecified atom stereocenters. The van der Waals surface area contributed by atoms with Crippen LogP contribution >= 0.6 is 0 Å². The second kappa shape index (κ2) is 5.17. The highest BCUT2D eigenvalue weighted by Gasteiger charge is 2.13. The first-order valence-corrected chi connectivity index (χ1v) is 7.07. The van der Waals surface area contributed by atoms with Gasteiger partial charge in [-0.05, 0) is 49.6 Å². The quantitative estimate of drug-likeness (QED) is 0.909. The summed E-state index contributed by atoms with van der Waals surface area (Å²) in [5, 5.41) is 7.76. The van der Waals surface area contributed by atoms with E-state index in [4.69, 9.17) is 0 Å². The molecule has 0 spiro atoms. The van der Waals surface area contributed by atoms with E-state index in [0.29, 0.717) is 0 Å². The standard InChI is InChI=1S/C16H21N3/c1-17-9-8-15-11-16(19(2)18-15)14-7-6-12-4-3-5-13(12)10-14/h6-7,10-11,17H,3-5,8-9H2,1-2H3. The number of hydrogen-bond donors (Lipinski definition) is 1. The van der Waals surface area contributed by atoms with Crippen molar-refractivity contribution in [2.24, 2.45) is 7.05 Å². The number of nitrogens with one attached hydrogen (secondary N) is 1. The maximum atomic E-state index is 4.59. The Balaban J connectivity index is 1.91. The van der Waals surface area contributed by atoms with Crippen LogP contribution in [0.25, 0.3) is 11.3 Å². The second-order valence-corrected chi connectivity index (χ2v) is 5.34. The van der Waals surface area contributed by atoms with Crippen LogP contribution in [-0.4, -0.2) is 23.4 Å². The Morgan fingerprint density at radius 3 is 2.89 bits per heavy atom. The molecular weight excluding hydrogens is 234 g/mol. The average molecular weight is 255 g/mol. The van der Waals surface area contributed by atoms with Gasteiger partial charge < -0.3 is 5.32 Å². The van der Waals surface area contributed by atoms with E-state index in [9.17, 15) is 0 Å². The van der Waals surface area contributed by atoms with Gasteiger partial charge in [-0.1, -0.05) is 12.1 Å². The molecule has 0 amide bonds. The fraction of sp³-hybridized carbons (Fsp3) is 0.438. The molecule has 100 valence electrons. The largest absolute Gasteiger partial charge is 0.319 e. The van der Waals surface area contributed by atoms with E-state index in [0.717, 1.165) is 18.7 Å². The molecule has 1 aliphatic carbocycles. The Bertz CT molecular complexity index is 584. The predicted octanol–water partition coefficient (Wildman–Crippen LogP) is 2.34. The van der Waals surface area contributed by atoms with Crippen molar-refractivity contribution in [2.45, 2.75) is 25.7 Å². The molecule has 3 nitrogen and oxygen atoms in total. The molecular formula is C16H21N3. The normalized spacial score (nSPS) is 13.8. The van der Waals surface area contributed by atoms with Crippen molar-refractivity contribution < 1.29 is 0 Å². The lowest BCUT2D eigenvalue weighted by Gasteiger charge is -2.05. The number of benzene rings is 1. The molecule has 0 fully saturated rings. The van der Waals surface area contributed by atoms with E-state index in [2.05, 4.69) is 34.7 Å². The van der Waals surface area contributed by atoms with Crippen LogP contribution < -0.4 is 5.32 Å². The second-order valence-electron chi connectivity index (χ2n) is 5.34. The monoisotopic (exact) mass is 255 g/mol. The van der Waals surface area contributed by atoms with Gasteiger partial charge in [0.2, 0.25) is 0 Å². The van der Waals surface area contributed by atoms with Crippen molar-refractivity contribution in [3.05, 3.63) is 41.1 Å². The Kier molecular flexibility index (Phi) is 3.38. The molecule has 0 saturated carbocycles. The van der Waals surface area contributed by atoms with E-state index in [1.54, 1.807) is 0 Å². The van der Waals surface area contributed by atoms with E-state index in [1.807, 2.05) is 18.8 Å². The fourth-order valence-electron chi connectivity index (χ4n) is 2.90. The summed E-state index contributed by atoms with van der Waals surface area (Å²) >= 11 is 0. The Labute approximate surface area is 114 Å². The number of nitrogens with zero attached hydrogens (tertiary/aromatic N) is 2. The SMILES string of the molecule is CNCCc1cc(-c2ccc3c(c2)CCC3)n(C)n1. The van der Waals surface area contributed by atoms with Crippen molar-refractivity contribution in [1.82, 2.24) is 15.1 Å². The van der Waals surface area contributed by atoms with Crippen LogP contribution in [0, 0.1) is 0 Å². The summed E-state index contributed by atoms with van der Waals surface area (Å²) < 4.78 is 2.00. The predicted molar refractivity (Wildman–Crippen MR) is 78.3 cm³/mol. The van der Waals surface area contributed by atoms with Crippen molar-refractivity contribution in [3.8, 4) is 11.3 Å². The van der Waals surface area contributed by atoms with Crippen LogP contribution in [0.1, 0.15) is 23.2 Å². The van der Waals surface area contributed by atoms with Gasteiger partial charge in [0.15, 0.2) is 0 Å². The van der Waals surface area contributed by atoms with Crippen molar-refractivity contribution in [1.29, 1.82) is 0 Å². The van der Waals surface area contributed by atoms with Crippen LogP contribution in [0.5, 0.6) is 0 Å². The van der Waals surface area contributed by atoms with Gasteiger partial charge in [-0.3, -0.25) is 4.68 Å². The lowest BCUT2D eigenvalue weighted by Crippen LogP contribution is -2.10. The van der Waals surface area contributed by atoms with Crippen LogP contribution in [0.3, 0.4) is 0 Å². The number of aryl methyl sites for hydroxylation is 3. The molecule has 1 heterocycles. The van der Waals surface area contributed by atoms with Gasteiger partial charge >= 0.3 is 0 Å². The average Bonchev–Trinajstić information content (AvgIpc) is 3.01. The van der Waals surface area contributed by atoms with Gasteiger partial charge in [0.25, 0.3) is 0 Å². The van der Waals surface area contributed by atoms with Gasteiger partial charge in [-0.25, -0.2) is 0 Å². The van der Waals surface area contributed by atoms with Gasteiger partial charge in [-0.15, -0.1) is 0 Å². The molecule has 2 aromatic rings. The Morgan fingerprint density at radius 1 is 1.21 bits per heavy atom. The molecule has 1 aromatic carbocycles. The molecule has 0 aliphatic heterocycles. The molecule has 0 atom stereocenters. The number of fused-ring (bicyclic) bond motifs is 1. The molecule has 0 bridgehead atoms. The lowest BCUT2D eigenvalue weighted by atomic mass is 10.0. The zero-order chi connectivity index (χ0) is 13.2. The molecule has 1 N–H and O–H groups in total. The molecule has 19 heavy (non-hydrogen) atoms. The van der Waals surface area contributed by atoms with Crippen LogP contribution in [0.15, 0.2) is 24.3 Å². The summed E-state index contributed by atoms with van der Waals surface area (Å²) in [7, 11) is 4.01. The van der Waals surface area contributed by atoms with E-state index in [1.165, 1.54) is 41.6 Å². The Hall–Kier alpha value is -1.61. The van der Waals surface area contributed by atoms with Gasteiger partial charge in [0.1, 0.15) is 0 Å². The van der Waals surface area contributed by atoms with Crippen LogP contribution in [-0.2, 0) is 26.3 Å². The first kappa shape index (κ1) is 12.4. The highest BCUT2D eigenvalue weighted by molar-refractivity contribution is 5.62. The molecule has 1 aliphatic rings. The van der Waals surface area contributed by atoms with Crippen molar-refractivity contribution in [2.75, 3.05) is 13.6 Å². The van der Waals surface area contributed by atoms with E-state index < -0.39 is 0 Å². The summed E-state index contributed by atoms with van der Waals surface area (Å²) in [6.45, 7) is 0.973. The maximum absolute atomic E-state index is 4.59. The highest BCUT2D eigenvalue weighted by Crippen LogP contribution is 2.28. The van der Waals surface area contributed by atoms with Gasteiger partial charge in [0.05, 0.1) is 11.4 Å². The topological polar surface area (TPSA) is 29.9 Å². The zero-order valence-corrected chi connectivity index (χ0v) is 11.7. The minimum atomic E-state index is 0.973. The molecule has 3 rings (SSSR count). The molecule has 1 aromatic heterocycles. The fourth-order valence-corrected chi connectivity index (χ4v) is 2.90. The molecule has 0 radical (unpaired) electrons. The van der Waals surface area contributed by atoms with Crippen LogP contribution in [0.2, 0.25) is 0 Å². The van der Waals surface area contributed by atoms with Gasteiger partial charge in [-0.2, -0.15) is 5.10 Å². The summed E-state index contributed by atoms with van der Waals surface area (Å²) in [5.41, 5.74) is 6.73. The van der Waals surface area contributed by atoms with Crippen molar-refractivity contribution >= 4 is 0 Å². The van der Waals surface area contributed by atoms with Crippen LogP contribution in [0.4, 0.5) is 0 Å². The molecule has 0 saturated heterocycles. The Morgan fingerprint density at radius 2 is 2.05 bits per heavy atom. The highest BCUT2D eigenvalue weighted by atomic mass is 15.3. The maximum Gasteiger partial charge on any atom is 0.0681 e. The minimum Gasteiger partial charge on any atom is -0.319 e. The number of aromatic nitrogens is 2. The third-order valence-corrected chi connectivity index (χ3v) is 3.96. The number of hydrogen-bond acceptors (Lipinski definition) is 2. The number of likely N-dealkylation sites (N-methyl/N-ethyl adjacent to an activating group) is 1. The summed E-state index contributed by atoms with van der Waals surface area (Å²) in [5.74, 6) is 0. The summed E-state index contributed by atoms with van der Waals surface area (Å²) in [6, 6.07) is 9.09.